The number of rotatable bonds is 8. The van der Waals surface area contributed by atoms with Crippen LogP contribution in [-0.4, -0.2) is 24.3 Å². The monoisotopic (exact) mass is 334 g/mol. The van der Waals surface area contributed by atoms with Gasteiger partial charge in [-0.05, 0) is 63.8 Å². The van der Waals surface area contributed by atoms with Gasteiger partial charge in [0.15, 0.2) is 11.2 Å². The summed E-state index contributed by atoms with van der Waals surface area (Å²) < 4.78 is 10.4. The van der Waals surface area contributed by atoms with Crippen molar-refractivity contribution in [3.8, 4) is 5.75 Å². The van der Waals surface area contributed by atoms with Crippen LogP contribution in [0.25, 0.3) is 0 Å². The summed E-state index contributed by atoms with van der Waals surface area (Å²) in [5, 5.41) is 0. The lowest BCUT2D eigenvalue weighted by molar-refractivity contribution is -0.164. The van der Waals surface area contributed by atoms with E-state index in [9.17, 15) is 14.4 Å². The first-order chi connectivity index (χ1) is 11.1. The highest BCUT2D eigenvalue weighted by molar-refractivity contribution is 6.00. The van der Waals surface area contributed by atoms with Crippen molar-refractivity contribution < 1.29 is 23.9 Å². The highest BCUT2D eigenvalue weighted by Crippen LogP contribution is 2.23. The van der Waals surface area contributed by atoms with E-state index in [1.807, 2.05) is 0 Å². The molecule has 0 N–H and O–H groups in total. The van der Waals surface area contributed by atoms with E-state index in [0.29, 0.717) is 18.1 Å². The maximum Gasteiger partial charge on any atom is 0.328 e. The van der Waals surface area contributed by atoms with Gasteiger partial charge in [-0.15, -0.1) is 0 Å². The molecular formula is C19H26O5. The molecule has 0 aliphatic rings. The number of ketones is 1. The fourth-order valence-corrected chi connectivity index (χ4v) is 1.91. The molecule has 1 aromatic rings. The standard InChI is InChI=1S/C19H26O5/c1-13(2)7-6-12-23-17(21)19(4,5)18(22)24-16-10-8-15(9-11-16)14(3)20/h8-11,13H,6-7,12H2,1-5H3. The van der Waals surface area contributed by atoms with Gasteiger partial charge in [0.05, 0.1) is 6.61 Å². The van der Waals surface area contributed by atoms with Gasteiger partial charge >= 0.3 is 11.9 Å². The maximum absolute atomic E-state index is 12.2. The summed E-state index contributed by atoms with van der Waals surface area (Å²) >= 11 is 0. The number of Topliss-reactive ketones (excluding diaryl/α,β-unsaturated/α-hetero) is 1. The lowest BCUT2D eigenvalue weighted by Crippen LogP contribution is -2.38. The molecule has 24 heavy (non-hydrogen) atoms. The molecule has 0 atom stereocenters. The first-order valence-corrected chi connectivity index (χ1v) is 8.15. The molecule has 1 aromatic carbocycles. The summed E-state index contributed by atoms with van der Waals surface area (Å²) in [6.45, 7) is 8.90. The number of carbonyl (C=O) groups excluding carboxylic acids is 3. The molecule has 0 radical (unpaired) electrons. The van der Waals surface area contributed by atoms with E-state index < -0.39 is 17.4 Å². The molecule has 0 aliphatic heterocycles. The van der Waals surface area contributed by atoms with Crippen molar-refractivity contribution in [1.82, 2.24) is 0 Å². The van der Waals surface area contributed by atoms with Gasteiger partial charge in [0.1, 0.15) is 5.75 Å². The van der Waals surface area contributed by atoms with E-state index in [2.05, 4.69) is 13.8 Å². The predicted octanol–water partition coefficient (Wildman–Crippen LogP) is 3.80. The highest BCUT2D eigenvalue weighted by Gasteiger charge is 2.39. The first-order valence-electron chi connectivity index (χ1n) is 8.15. The number of esters is 2. The summed E-state index contributed by atoms with van der Waals surface area (Å²) in [7, 11) is 0. The predicted molar refractivity (Wildman–Crippen MR) is 90.9 cm³/mol. The van der Waals surface area contributed by atoms with Crippen molar-refractivity contribution in [2.45, 2.75) is 47.5 Å². The summed E-state index contributed by atoms with van der Waals surface area (Å²) in [5.41, 5.74) is -0.865. The molecule has 0 aromatic heterocycles. The van der Waals surface area contributed by atoms with E-state index in [-0.39, 0.29) is 11.5 Å². The van der Waals surface area contributed by atoms with Gasteiger partial charge in [-0.2, -0.15) is 0 Å². The van der Waals surface area contributed by atoms with Crippen LogP contribution >= 0.6 is 0 Å². The largest absolute Gasteiger partial charge is 0.465 e. The molecule has 0 saturated carbocycles. The van der Waals surface area contributed by atoms with Crippen molar-refractivity contribution in [3.63, 3.8) is 0 Å². The molecule has 0 bridgehead atoms. The fraction of sp³-hybridized carbons (Fsp3) is 0.526. The Hall–Kier alpha value is -2.17. The maximum atomic E-state index is 12.2. The van der Waals surface area contributed by atoms with E-state index in [4.69, 9.17) is 9.47 Å². The van der Waals surface area contributed by atoms with Gasteiger partial charge in [-0.25, -0.2) is 0 Å². The zero-order valence-corrected chi connectivity index (χ0v) is 15.0. The normalized spacial score (nSPS) is 11.2. The molecule has 0 spiro atoms. The number of ether oxygens (including phenoxy) is 2. The van der Waals surface area contributed by atoms with Crippen molar-refractivity contribution in [1.29, 1.82) is 0 Å². The number of benzene rings is 1. The SMILES string of the molecule is CC(=O)c1ccc(OC(=O)C(C)(C)C(=O)OCCCC(C)C)cc1. The van der Waals surface area contributed by atoms with Crippen molar-refractivity contribution in [2.24, 2.45) is 11.3 Å². The number of hydrogen-bond donors (Lipinski definition) is 0. The zero-order chi connectivity index (χ0) is 18.3. The lowest BCUT2D eigenvalue weighted by atomic mass is 9.94. The summed E-state index contributed by atoms with van der Waals surface area (Å²) in [6, 6.07) is 6.20. The summed E-state index contributed by atoms with van der Waals surface area (Å²) in [4.78, 5) is 35.6. The van der Waals surface area contributed by atoms with Crippen LogP contribution in [0.2, 0.25) is 0 Å². The van der Waals surface area contributed by atoms with E-state index in [1.54, 1.807) is 12.1 Å². The summed E-state index contributed by atoms with van der Waals surface area (Å²) in [6.07, 6.45) is 1.72. The van der Waals surface area contributed by atoms with E-state index in [0.717, 1.165) is 12.8 Å². The smallest absolute Gasteiger partial charge is 0.328 e. The average molecular weight is 334 g/mol. The Morgan fingerprint density at radius 1 is 1.04 bits per heavy atom. The van der Waals surface area contributed by atoms with Crippen LogP contribution in [-0.2, 0) is 14.3 Å². The molecule has 0 unspecified atom stereocenters. The van der Waals surface area contributed by atoms with Crippen LogP contribution in [0.3, 0.4) is 0 Å². The first kappa shape index (κ1) is 19.9. The van der Waals surface area contributed by atoms with Gasteiger partial charge in [-0.1, -0.05) is 13.8 Å². The minimum atomic E-state index is -1.39. The van der Waals surface area contributed by atoms with Crippen LogP contribution < -0.4 is 4.74 Å². The molecular weight excluding hydrogens is 308 g/mol. The zero-order valence-electron chi connectivity index (χ0n) is 15.0. The molecule has 0 fully saturated rings. The number of carbonyl (C=O) groups is 3. The van der Waals surface area contributed by atoms with Gasteiger partial charge in [0.25, 0.3) is 0 Å². The molecule has 0 heterocycles. The second-order valence-electron chi connectivity index (χ2n) is 6.77. The quantitative estimate of drug-likeness (QED) is 0.238. The third kappa shape index (κ3) is 5.80. The minimum Gasteiger partial charge on any atom is -0.465 e. The molecule has 5 nitrogen and oxygen atoms in total. The Morgan fingerprint density at radius 2 is 1.62 bits per heavy atom. The van der Waals surface area contributed by atoms with Crippen LogP contribution in [0.15, 0.2) is 24.3 Å². The Kier molecular flexibility index (Phi) is 7.14. The van der Waals surface area contributed by atoms with E-state index >= 15 is 0 Å². The van der Waals surface area contributed by atoms with Gasteiger partial charge in [0.2, 0.25) is 0 Å². The van der Waals surface area contributed by atoms with E-state index in [1.165, 1.54) is 32.9 Å². The lowest BCUT2D eigenvalue weighted by Gasteiger charge is -2.20. The topological polar surface area (TPSA) is 69.7 Å². The molecule has 1 rings (SSSR count). The van der Waals surface area contributed by atoms with Crippen molar-refractivity contribution >= 4 is 17.7 Å². The Bertz CT molecular complexity index is 584. The third-order valence-corrected chi connectivity index (χ3v) is 3.65. The molecule has 0 saturated heterocycles. The van der Waals surface area contributed by atoms with Crippen LogP contribution in [0.4, 0.5) is 0 Å². The second kappa shape index (κ2) is 8.62. The average Bonchev–Trinajstić information content (AvgIpc) is 2.51. The fourth-order valence-electron chi connectivity index (χ4n) is 1.91. The Morgan fingerprint density at radius 3 is 2.12 bits per heavy atom. The van der Waals surface area contributed by atoms with Gasteiger partial charge in [0, 0.05) is 5.56 Å². The van der Waals surface area contributed by atoms with Crippen LogP contribution in [0.5, 0.6) is 5.75 Å². The third-order valence-electron chi connectivity index (χ3n) is 3.65. The van der Waals surface area contributed by atoms with Crippen LogP contribution in [0.1, 0.15) is 57.8 Å². The van der Waals surface area contributed by atoms with Crippen LogP contribution in [0, 0.1) is 11.3 Å². The second-order valence-corrected chi connectivity index (χ2v) is 6.77. The van der Waals surface area contributed by atoms with Gasteiger partial charge in [-0.3, -0.25) is 14.4 Å². The highest BCUT2D eigenvalue weighted by atomic mass is 16.6. The molecule has 132 valence electrons. The number of hydrogen-bond acceptors (Lipinski definition) is 5. The molecule has 5 heteroatoms. The summed E-state index contributed by atoms with van der Waals surface area (Å²) in [5.74, 6) is -0.535. The Balaban J connectivity index is 2.60. The van der Waals surface area contributed by atoms with Gasteiger partial charge < -0.3 is 9.47 Å². The molecule has 0 aliphatic carbocycles. The minimum absolute atomic E-state index is 0.0711. The van der Waals surface area contributed by atoms with Crippen molar-refractivity contribution in [3.05, 3.63) is 29.8 Å². The van der Waals surface area contributed by atoms with Crippen molar-refractivity contribution in [2.75, 3.05) is 6.61 Å². The molecule has 0 amide bonds. The Labute approximate surface area is 143 Å².